The fourth-order valence-electron chi connectivity index (χ4n) is 1.29. The Bertz CT molecular complexity index is 368. The fourth-order valence-corrected chi connectivity index (χ4v) is 1.84. The number of halogens is 1. The quantitative estimate of drug-likeness (QED) is 0.755. The second-order valence-corrected chi connectivity index (χ2v) is 3.81. The zero-order valence-corrected chi connectivity index (χ0v) is 9.89. The molecule has 0 aliphatic rings. The Morgan fingerprint density at radius 3 is 2.79 bits per heavy atom. The minimum absolute atomic E-state index is 0.506. The summed E-state index contributed by atoms with van der Waals surface area (Å²) in [6.45, 7) is 9.27. The van der Waals surface area contributed by atoms with E-state index in [4.69, 9.17) is 11.3 Å². The first-order valence-electron chi connectivity index (χ1n) is 4.36. The molecule has 1 aromatic carbocycles. The average Bonchev–Trinajstić information content (AvgIpc) is 2.20. The topological polar surface area (TPSA) is 13.6 Å². The van der Waals surface area contributed by atoms with Gasteiger partial charge < -0.3 is 9.58 Å². The molecule has 0 heterocycles. The summed E-state index contributed by atoms with van der Waals surface area (Å²) in [6, 6.07) is 4.05. The average molecular weight is 254 g/mol. The van der Waals surface area contributed by atoms with E-state index in [0.29, 0.717) is 6.54 Å². The van der Waals surface area contributed by atoms with Gasteiger partial charge in [-0.25, -0.2) is 6.57 Å². The van der Waals surface area contributed by atoms with Crippen LogP contribution in [0.5, 0.6) is 5.75 Å². The molecule has 0 unspecified atom stereocenters. The van der Waals surface area contributed by atoms with Gasteiger partial charge in [0.2, 0.25) is 6.54 Å². The number of nitrogens with zero attached hydrogens (tertiary/aromatic N) is 1. The van der Waals surface area contributed by atoms with Crippen molar-refractivity contribution in [3.63, 3.8) is 0 Å². The fraction of sp³-hybridized carbons (Fsp3) is 0.364. The van der Waals surface area contributed by atoms with E-state index in [0.717, 1.165) is 27.8 Å². The Hall–Kier alpha value is -1.01. The van der Waals surface area contributed by atoms with Crippen LogP contribution in [-0.2, 0) is 6.42 Å². The standard InChI is InChI=1S/C11H12BrNO/c1-8-4-5-9(6-7-13-2)11(14-3)10(8)12/h4-5H,6-7H2,1,3H3. The summed E-state index contributed by atoms with van der Waals surface area (Å²) >= 11 is 3.48. The third-order valence-corrected chi connectivity index (χ3v) is 3.05. The maximum absolute atomic E-state index is 6.75. The largest absolute Gasteiger partial charge is 0.495 e. The molecule has 1 aromatic rings. The van der Waals surface area contributed by atoms with Crippen molar-refractivity contribution in [2.45, 2.75) is 13.3 Å². The molecule has 14 heavy (non-hydrogen) atoms. The zero-order chi connectivity index (χ0) is 10.6. The molecule has 0 radical (unpaired) electrons. The van der Waals surface area contributed by atoms with Gasteiger partial charge in [-0.1, -0.05) is 12.1 Å². The van der Waals surface area contributed by atoms with Crippen molar-refractivity contribution in [1.82, 2.24) is 0 Å². The van der Waals surface area contributed by atoms with Crippen molar-refractivity contribution in [3.05, 3.63) is 39.1 Å². The van der Waals surface area contributed by atoms with E-state index in [1.165, 1.54) is 0 Å². The Kier molecular flexibility index (Phi) is 3.97. The molecule has 0 aliphatic carbocycles. The molecular formula is C11H12BrNO. The van der Waals surface area contributed by atoms with Crippen LogP contribution in [0, 0.1) is 13.5 Å². The Balaban J connectivity index is 3.05. The molecule has 0 fully saturated rings. The lowest BCUT2D eigenvalue weighted by Gasteiger charge is -2.10. The van der Waals surface area contributed by atoms with Crippen molar-refractivity contribution in [2.75, 3.05) is 13.7 Å². The minimum Gasteiger partial charge on any atom is -0.495 e. The van der Waals surface area contributed by atoms with Gasteiger partial charge >= 0.3 is 0 Å². The summed E-state index contributed by atoms with van der Waals surface area (Å²) in [5.41, 5.74) is 2.23. The lowest BCUT2D eigenvalue weighted by molar-refractivity contribution is 0.407. The third kappa shape index (κ3) is 2.27. The van der Waals surface area contributed by atoms with Crippen LogP contribution in [0.4, 0.5) is 0 Å². The lowest BCUT2D eigenvalue weighted by atomic mass is 10.1. The van der Waals surface area contributed by atoms with Gasteiger partial charge in [0.05, 0.1) is 11.6 Å². The molecule has 0 amide bonds. The highest BCUT2D eigenvalue weighted by Gasteiger charge is 2.09. The monoisotopic (exact) mass is 253 g/mol. The first-order chi connectivity index (χ1) is 6.70. The van der Waals surface area contributed by atoms with Crippen LogP contribution in [0.25, 0.3) is 4.85 Å². The molecule has 2 nitrogen and oxygen atoms in total. The molecule has 0 saturated heterocycles. The van der Waals surface area contributed by atoms with Crippen molar-refractivity contribution >= 4 is 15.9 Å². The molecule has 3 heteroatoms. The van der Waals surface area contributed by atoms with Crippen LogP contribution in [0.2, 0.25) is 0 Å². The van der Waals surface area contributed by atoms with Crippen LogP contribution in [0.15, 0.2) is 16.6 Å². The van der Waals surface area contributed by atoms with Gasteiger partial charge in [-0.05, 0) is 28.4 Å². The van der Waals surface area contributed by atoms with E-state index in [-0.39, 0.29) is 0 Å². The van der Waals surface area contributed by atoms with Gasteiger partial charge in [0.15, 0.2) is 0 Å². The highest BCUT2D eigenvalue weighted by molar-refractivity contribution is 9.10. The molecular weight excluding hydrogens is 242 g/mol. The molecule has 0 bridgehead atoms. The maximum atomic E-state index is 6.75. The predicted octanol–water partition coefficient (Wildman–Crippen LogP) is 3.23. The molecule has 0 saturated carbocycles. The Labute approximate surface area is 92.8 Å². The lowest BCUT2D eigenvalue weighted by Crippen LogP contribution is -1.96. The summed E-state index contributed by atoms with van der Waals surface area (Å²) in [7, 11) is 1.65. The van der Waals surface area contributed by atoms with Crippen LogP contribution < -0.4 is 4.74 Å². The van der Waals surface area contributed by atoms with E-state index < -0.39 is 0 Å². The molecule has 0 atom stereocenters. The normalized spacial score (nSPS) is 9.57. The van der Waals surface area contributed by atoms with Gasteiger partial charge in [-0.2, -0.15) is 0 Å². The van der Waals surface area contributed by atoms with Crippen LogP contribution in [0.3, 0.4) is 0 Å². The van der Waals surface area contributed by atoms with E-state index >= 15 is 0 Å². The van der Waals surface area contributed by atoms with E-state index in [2.05, 4.69) is 20.8 Å². The van der Waals surface area contributed by atoms with Gasteiger partial charge in [-0.15, -0.1) is 0 Å². The number of hydrogen-bond donors (Lipinski definition) is 0. The number of ether oxygens (including phenoxy) is 1. The van der Waals surface area contributed by atoms with Gasteiger partial charge in [0, 0.05) is 12.0 Å². The molecule has 1 rings (SSSR count). The molecule has 0 N–H and O–H groups in total. The summed E-state index contributed by atoms with van der Waals surface area (Å²) in [4.78, 5) is 3.34. The van der Waals surface area contributed by atoms with Crippen molar-refractivity contribution < 1.29 is 4.74 Å². The van der Waals surface area contributed by atoms with Gasteiger partial charge in [0.25, 0.3) is 0 Å². The van der Waals surface area contributed by atoms with E-state index in [1.54, 1.807) is 7.11 Å². The van der Waals surface area contributed by atoms with Crippen LogP contribution in [-0.4, -0.2) is 13.7 Å². The summed E-state index contributed by atoms with van der Waals surface area (Å²) in [6.07, 6.45) is 0.742. The summed E-state index contributed by atoms with van der Waals surface area (Å²) in [5.74, 6) is 0.855. The first-order valence-corrected chi connectivity index (χ1v) is 5.15. The van der Waals surface area contributed by atoms with E-state index in [1.807, 2.05) is 19.1 Å². The minimum atomic E-state index is 0.506. The number of benzene rings is 1. The van der Waals surface area contributed by atoms with Crippen molar-refractivity contribution in [3.8, 4) is 5.75 Å². The second kappa shape index (κ2) is 5.02. The van der Waals surface area contributed by atoms with Crippen LogP contribution >= 0.6 is 15.9 Å². The molecule has 74 valence electrons. The summed E-state index contributed by atoms with van der Waals surface area (Å²) in [5, 5.41) is 0. The highest BCUT2D eigenvalue weighted by atomic mass is 79.9. The number of aryl methyl sites for hydroxylation is 1. The number of rotatable bonds is 3. The van der Waals surface area contributed by atoms with Crippen LogP contribution in [0.1, 0.15) is 11.1 Å². The Morgan fingerprint density at radius 1 is 1.50 bits per heavy atom. The van der Waals surface area contributed by atoms with Crippen molar-refractivity contribution in [1.29, 1.82) is 0 Å². The Morgan fingerprint density at radius 2 is 2.21 bits per heavy atom. The van der Waals surface area contributed by atoms with E-state index in [9.17, 15) is 0 Å². The summed E-state index contributed by atoms with van der Waals surface area (Å²) < 4.78 is 6.29. The third-order valence-electron chi connectivity index (χ3n) is 2.07. The van der Waals surface area contributed by atoms with Gasteiger partial charge in [0.1, 0.15) is 5.75 Å². The molecule has 0 aromatic heterocycles. The predicted molar refractivity (Wildman–Crippen MR) is 60.6 cm³/mol. The first kappa shape index (κ1) is 11.1. The maximum Gasteiger partial charge on any atom is 0.218 e. The SMILES string of the molecule is [C-]#[N+]CCc1ccc(C)c(Br)c1OC. The highest BCUT2D eigenvalue weighted by Crippen LogP contribution is 2.32. The molecule has 0 aliphatic heterocycles. The molecule has 0 spiro atoms. The van der Waals surface area contributed by atoms with Gasteiger partial charge in [-0.3, -0.25) is 0 Å². The smallest absolute Gasteiger partial charge is 0.218 e. The zero-order valence-electron chi connectivity index (χ0n) is 8.30. The number of methoxy groups -OCH3 is 1. The number of hydrogen-bond acceptors (Lipinski definition) is 1. The van der Waals surface area contributed by atoms with Crippen molar-refractivity contribution in [2.24, 2.45) is 0 Å². The second-order valence-electron chi connectivity index (χ2n) is 3.02.